The molecule has 0 saturated heterocycles. The van der Waals surface area contributed by atoms with Crippen LogP contribution in [0.5, 0.6) is 0 Å². The minimum Gasteiger partial charge on any atom is -0.289 e. The van der Waals surface area contributed by atoms with E-state index < -0.39 is 5.91 Å². The van der Waals surface area contributed by atoms with Gasteiger partial charge >= 0.3 is 5.69 Å². The number of nitrogen functional groups attached to an aromatic ring is 1. The van der Waals surface area contributed by atoms with Crippen LogP contribution in [0.4, 0.5) is 0 Å². The van der Waals surface area contributed by atoms with Gasteiger partial charge in [-0.15, -0.1) is 10.2 Å². The van der Waals surface area contributed by atoms with Gasteiger partial charge in [-0.25, -0.2) is 15.7 Å². The highest BCUT2D eigenvalue weighted by atomic mass is 32.2. The first-order valence-electron chi connectivity index (χ1n) is 6.23. The van der Waals surface area contributed by atoms with Gasteiger partial charge in [0.25, 0.3) is 5.91 Å². The van der Waals surface area contributed by atoms with Gasteiger partial charge in [0.15, 0.2) is 10.9 Å². The molecule has 0 aliphatic rings. The minimum absolute atomic E-state index is 0.0324. The van der Waals surface area contributed by atoms with E-state index in [1.165, 1.54) is 22.6 Å². The summed E-state index contributed by atoms with van der Waals surface area (Å²) < 4.78 is 3.11. The Labute approximate surface area is 124 Å². The number of carbonyl (C=O) groups excluding carboxylic acids is 1. The van der Waals surface area contributed by atoms with Gasteiger partial charge in [0, 0.05) is 11.8 Å². The molecule has 0 fully saturated rings. The zero-order valence-electron chi connectivity index (χ0n) is 11.6. The standard InChI is InChI=1S/C10H16N8O2S/c1-6(2)18-9(20)14-15-10(18)21-4-3-17-5-7(13-16-17)8(19)12-11/h5-6H,3-4,11H2,1-2H3,(H,12,19)(H,14,20). The van der Waals surface area contributed by atoms with Crippen molar-refractivity contribution in [3.8, 4) is 0 Å². The number of hydrogen-bond donors (Lipinski definition) is 3. The molecular formula is C10H16N8O2S. The molecule has 1 amide bonds. The summed E-state index contributed by atoms with van der Waals surface area (Å²) in [6.45, 7) is 4.35. The van der Waals surface area contributed by atoms with Crippen molar-refractivity contribution < 1.29 is 4.79 Å². The van der Waals surface area contributed by atoms with Gasteiger partial charge in [-0.05, 0) is 13.8 Å². The Hall–Kier alpha value is -2.14. The molecule has 2 aromatic rings. The fraction of sp³-hybridized carbons (Fsp3) is 0.500. The van der Waals surface area contributed by atoms with Crippen LogP contribution in [0.25, 0.3) is 0 Å². The Balaban J connectivity index is 1.94. The smallest absolute Gasteiger partial charge is 0.289 e. The highest BCUT2D eigenvalue weighted by Crippen LogP contribution is 2.16. The third kappa shape index (κ3) is 3.49. The number of nitrogens with one attached hydrogen (secondary N) is 2. The molecule has 0 radical (unpaired) electrons. The number of nitrogens with zero attached hydrogens (tertiary/aromatic N) is 5. The molecule has 2 rings (SSSR count). The molecule has 0 bridgehead atoms. The van der Waals surface area contributed by atoms with Crippen LogP contribution in [0.15, 0.2) is 16.1 Å². The number of carbonyl (C=O) groups is 1. The lowest BCUT2D eigenvalue weighted by molar-refractivity contribution is 0.0948. The lowest BCUT2D eigenvalue weighted by Gasteiger charge is -2.08. The van der Waals surface area contributed by atoms with E-state index in [0.29, 0.717) is 17.5 Å². The fourth-order valence-corrected chi connectivity index (χ4v) is 2.67. The Morgan fingerprint density at radius 1 is 1.57 bits per heavy atom. The molecular weight excluding hydrogens is 296 g/mol. The molecule has 0 spiro atoms. The number of aromatic amines is 1. The van der Waals surface area contributed by atoms with Gasteiger partial charge in [0.05, 0.1) is 12.7 Å². The highest BCUT2D eigenvalue weighted by molar-refractivity contribution is 7.99. The van der Waals surface area contributed by atoms with Gasteiger partial charge in [0.1, 0.15) is 0 Å². The highest BCUT2D eigenvalue weighted by Gasteiger charge is 2.12. The summed E-state index contributed by atoms with van der Waals surface area (Å²) in [5, 5.41) is 14.5. The van der Waals surface area contributed by atoms with Crippen molar-refractivity contribution in [3.63, 3.8) is 0 Å². The van der Waals surface area contributed by atoms with Crippen LogP contribution in [-0.4, -0.2) is 41.4 Å². The van der Waals surface area contributed by atoms with Gasteiger partial charge < -0.3 is 0 Å². The van der Waals surface area contributed by atoms with Crippen molar-refractivity contribution in [2.45, 2.75) is 31.6 Å². The number of thioether (sulfide) groups is 1. The van der Waals surface area contributed by atoms with E-state index in [0.717, 1.165) is 0 Å². The first-order chi connectivity index (χ1) is 10.0. The molecule has 10 nitrogen and oxygen atoms in total. The van der Waals surface area contributed by atoms with Crippen LogP contribution in [0.3, 0.4) is 0 Å². The summed E-state index contributed by atoms with van der Waals surface area (Å²) in [5.41, 5.74) is 1.91. The van der Waals surface area contributed by atoms with Crippen molar-refractivity contribution in [2.24, 2.45) is 5.84 Å². The molecule has 21 heavy (non-hydrogen) atoms. The van der Waals surface area contributed by atoms with Gasteiger partial charge in [-0.2, -0.15) is 0 Å². The van der Waals surface area contributed by atoms with Crippen molar-refractivity contribution in [2.75, 3.05) is 5.75 Å². The predicted octanol–water partition coefficient (Wildman–Crippen LogP) is -0.860. The van der Waals surface area contributed by atoms with Crippen LogP contribution in [0, 0.1) is 0 Å². The number of hydrogen-bond acceptors (Lipinski definition) is 7. The minimum atomic E-state index is -0.491. The Morgan fingerprint density at radius 2 is 2.33 bits per heavy atom. The molecule has 114 valence electrons. The summed E-state index contributed by atoms with van der Waals surface area (Å²) in [4.78, 5) is 22.8. The first-order valence-corrected chi connectivity index (χ1v) is 7.22. The second kappa shape index (κ2) is 6.54. The summed E-state index contributed by atoms with van der Waals surface area (Å²) in [5.74, 6) is 5.15. The summed E-state index contributed by atoms with van der Waals surface area (Å²) >= 11 is 1.42. The molecule has 2 heterocycles. The first kappa shape index (κ1) is 15.3. The van der Waals surface area contributed by atoms with E-state index in [-0.39, 0.29) is 17.4 Å². The van der Waals surface area contributed by atoms with Crippen LogP contribution >= 0.6 is 11.8 Å². The van der Waals surface area contributed by atoms with Gasteiger partial charge in [-0.1, -0.05) is 17.0 Å². The van der Waals surface area contributed by atoms with Crippen LogP contribution in [0.1, 0.15) is 30.4 Å². The van der Waals surface area contributed by atoms with E-state index >= 15 is 0 Å². The molecule has 4 N–H and O–H groups in total. The maximum atomic E-state index is 11.6. The molecule has 0 saturated carbocycles. The van der Waals surface area contributed by atoms with Crippen LogP contribution in [0.2, 0.25) is 0 Å². The topological polar surface area (TPSA) is 137 Å². The Morgan fingerprint density at radius 3 is 3.00 bits per heavy atom. The van der Waals surface area contributed by atoms with E-state index in [2.05, 4.69) is 20.5 Å². The third-order valence-corrected chi connectivity index (χ3v) is 3.58. The summed E-state index contributed by atoms with van der Waals surface area (Å²) in [6, 6.07) is 0.0324. The Kier molecular flexibility index (Phi) is 4.75. The number of aromatic nitrogens is 6. The Bertz CT molecular complexity index is 673. The van der Waals surface area contributed by atoms with Crippen molar-refractivity contribution in [3.05, 3.63) is 22.4 Å². The van der Waals surface area contributed by atoms with Crippen molar-refractivity contribution in [1.82, 2.24) is 35.2 Å². The maximum absolute atomic E-state index is 11.6. The molecule has 11 heteroatoms. The van der Waals surface area contributed by atoms with Crippen molar-refractivity contribution in [1.29, 1.82) is 0 Å². The van der Waals surface area contributed by atoms with Gasteiger partial charge in [0.2, 0.25) is 0 Å². The summed E-state index contributed by atoms with van der Waals surface area (Å²) in [6.07, 6.45) is 1.50. The molecule has 0 aliphatic carbocycles. The maximum Gasteiger partial charge on any atom is 0.344 e. The number of aryl methyl sites for hydroxylation is 1. The molecule has 0 aliphatic heterocycles. The third-order valence-electron chi connectivity index (χ3n) is 2.64. The monoisotopic (exact) mass is 312 g/mol. The van der Waals surface area contributed by atoms with E-state index in [4.69, 9.17) is 5.84 Å². The van der Waals surface area contributed by atoms with Crippen LogP contribution < -0.4 is 17.0 Å². The molecule has 0 atom stereocenters. The SMILES string of the molecule is CC(C)n1c(SCCn2cc(C(=O)NN)nn2)n[nH]c1=O. The second-order valence-corrected chi connectivity index (χ2v) is 5.53. The average Bonchev–Trinajstić information content (AvgIpc) is 3.05. The summed E-state index contributed by atoms with van der Waals surface area (Å²) in [7, 11) is 0. The largest absolute Gasteiger partial charge is 0.344 e. The number of hydrazine groups is 1. The second-order valence-electron chi connectivity index (χ2n) is 4.46. The van der Waals surface area contributed by atoms with Crippen molar-refractivity contribution >= 4 is 17.7 Å². The molecule has 2 aromatic heterocycles. The predicted molar refractivity (Wildman–Crippen MR) is 75.6 cm³/mol. The molecule has 0 unspecified atom stereocenters. The number of nitrogens with two attached hydrogens (primary N) is 1. The number of H-pyrrole nitrogens is 1. The zero-order valence-corrected chi connectivity index (χ0v) is 12.4. The van der Waals surface area contributed by atoms with E-state index in [9.17, 15) is 9.59 Å². The fourth-order valence-electron chi connectivity index (χ4n) is 1.66. The van der Waals surface area contributed by atoms with E-state index in [1.807, 2.05) is 19.3 Å². The van der Waals surface area contributed by atoms with E-state index in [1.54, 1.807) is 4.57 Å². The number of amides is 1. The average molecular weight is 312 g/mol. The zero-order chi connectivity index (χ0) is 15.4. The lowest BCUT2D eigenvalue weighted by atomic mass is 10.4. The van der Waals surface area contributed by atoms with Crippen LogP contribution in [-0.2, 0) is 6.54 Å². The number of rotatable bonds is 6. The lowest BCUT2D eigenvalue weighted by Crippen LogP contribution is -2.30. The molecule has 0 aromatic carbocycles. The normalized spacial score (nSPS) is 11.0. The van der Waals surface area contributed by atoms with Gasteiger partial charge in [-0.3, -0.25) is 19.5 Å². The quantitative estimate of drug-likeness (QED) is 0.273.